The van der Waals surface area contributed by atoms with Crippen LogP contribution in [0.4, 0.5) is 0 Å². The molecule has 0 atom stereocenters. The van der Waals surface area contributed by atoms with Gasteiger partial charge in [0.25, 0.3) is 0 Å². The van der Waals surface area contributed by atoms with Crippen molar-refractivity contribution in [2.75, 3.05) is 26.2 Å². The maximum Gasteiger partial charge on any atom is 0.225 e. The molecule has 25 heavy (non-hydrogen) atoms. The van der Waals surface area contributed by atoms with Gasteiger partial charge in [-0.05, 0) is 50.2 Å². The van der Waals surface area contributed by atoms with E-state index in [1.165, 1.54) is 6.42 Å². The van der Waals surface area contributed by atoms with Gasteiger partial charge in [0, 0.05) is 38.5 Å². The normalized spacial score (nSPS) is 19.0. The Morgan fingerprint density at radius 1 is 0.960 bits per heavy atom. The summed E-state index contributed by atoms with van der Waals surface area (Å²) < 4.78 is 0. The SMILES string of the molecule is O=C(CCc1ccccc1O)N1CCC(C(=O)N2CCCCC2)CC1. The Hall–Kier alpha value is -2.04. The van der Waals surface area contributed by atoms with Crippen LogP contribution in [0.3, 0.4) is 0 Å². The fourth-order valence-electron chi connectivity index (χ4n) is 3.87. The molecule has 2 fully saturated rings. The monoisotopic (exact) mass is 344 g/mol. The number of piperidine rings is 2. The van der Waals surface area contributed by atoms with E-state index in [0.29, 0.717) is 31.8 Å². The van der Waals surface area contributed by atoms with E-state index in [-0.39, 0.29) is 17.6 Å². The fourth-order valence-corrected chi connectivity index (χ4v) is 3.87. The average molecular weight is 344 g/mol. The topological polar surface area (TPSA) is 60.9 Å². The molecule has 2 amide bonds. The summed E-state index contributed by atoms with van der Waals surface area (Å²) in [6, 6.07) is 7.16. The number of hydrogen-bond donors (Lipinski definition) is 1. The zero-order valence-corrected chi connectivity index (χ0v) is 14.8. The van der Waals surface area contributed by atoms with E-state index in [9.17, 15) is 14.7 Å². The Morgan fingerprint density at radius 3 is 2.32 bits per heavy atom. The van der Waals surface area contributed by atoms with Crippen molar-refractivity contribution in [2.45, 2.75) is 44.9 Å². The molecule has 0 radical (unpaired) electrons. The molecule has 2 heterocycles. The lowest BCUT2D eigenvalue weighted by atomic mass is 9.94. The van der Waals surface area contributed by atoms with Crippen LogP contribution in [0.15, 0.2) is 24.3 Å². The van der Waals surface area contributed by atoms with Crippen LogP contribution in [0.1, 0.15) is 44.1 Å². The molecular weight excluding hydrogens is 316 g/mol. The molecule has 0 aromatic heterocycles. The number of aryl methyl sites for hydroxylation is 1. The zero-order chi connectivity index (χ0) is 17.6. The number of likely N-dealkylation sites (tertiary alicyclic amines) is 2. The van der Waals surface area contributed by atoms with Gasteiger partial charge in [-0.3, -0.25) is 9.59 Å². The lowest BCUT2D eigenvalue weighted by Crippen LogP contribution is -2.45. The molecule has 2 aliphatic heterocycles. The number of carbonyl (C=O) groups is 2. The van der Waals surface area contributed by atoms with Crippen molar-refractivity contribution in [3.63, 3.8) is 0 Å². The van der Waals surface area contributed by atoms with E-state index in [1.807, 2.05) is 21.9 Å². The van der Waals surface area contributed by atoms with Crippen LogP contribution in [-0.4, -0.2) is 52.9 Å². The molecule has 2 saturated heterocycles. The van der Waals surface area contributed by atoms with E-state index in [4.69, 9.17) is 0 Å². The lowest BCUT2D eigenvalue weighted by Gasteiger charge is -2.35. The number of carbonyl (C=O) groups excluding carboxylic acids is 2. The molecule has 136 valence electrons. The van der Waals surface area contributed by atoms with E-state index in [2.05, 4.69) is 0 Å². The molecule has 1 aromatic carbocycles. The minimum Gasteiger partial charge on any atom is -0.508 e. The van der Waals surface area contributed by atoms with E-state index in [1.54, 1.807) is 12.1 Å². The summed E-state index contributed by atoms with van der Waals surface area (Å²) in [7, 11) is 0. The van der Waals surface area contributed by atoms with Crippen molar-refractivity contribution < 1.29 is 14.7 Å². The van der Waals surface area contributed by atoms with E-state index >= 15 is 0 Å². The first kappa shape index (κ1) is 17.8. The fraction of sp³-hybridized carbons (Fsp3) is 0.600. The van der Waals surface area contributed by atoms with E-state index in [0.717, 1.165) is 44.3 Å². The number of phenolic OH excluding ortho intramolecular Hbond substituents is 1. The van der Waals surface area contributed by atoms with Crippen molar-refractivity contribution in [3.05, 3.63) is 29.8 Å². The number of para-hydroxylation sites is 1. The quantitative estimate of drug-likeness (QED) is 0.913. The third-order valence-electron chi connectivity index (χ3n) is 5.46. The van der Waals surface area contributed by atoms with Gasteiger partial charge in [-0.25, -0.2) is 0 Å². The second-order valence-corrected chi connectivity index (χ2v) is 7.17. The van der Waals surface area contributed by atoms with E-state index < -0.39 is 0 Å². The number of aromatic hydroxyl groups is 1. The molecule has 0 spiro atoms. The van der Waals surface area contributed by atoms with Gasteiger partial charge >= 0.3 is 0 Å². The molecule has 2 aliphatic rings. The van der Waals surface area contributed by atoms with Gasteiger partial charge in [0.15, 0.2) is 0 Å². The number of rotatable bonds is 4. The van der Waals surface area contributed by atoms with Gasteiger partial charge in [-0.2, -0.15) is 0 Å². The standard InChI is InChI=1S/C20H28N2O3/c23-18-7-3-2-6-16(18)8-9-19(24)21-14-10-17(11-15-21)20(25)22-12-4-1-5-13-22/h2-3,6-7,17,23H,1,4-5,8-15H2. The van der Waals surface area contributed by atoms with Crippen LogP contribution in [0.25, 0.3) is 0 Å². The molecule has 5 heteroatoms. The minimum absolute atomic E-state index is 0.0836. The molecule has 1 aromatic rings. The van der Waals surface area contributed by atoms with Crippen LogP contribution in [0.5, 0.6) is 5.75 Å². The molecule has 1 N–H and O–H groups in total. The summed E-state index contributed by atoms with van der Waals surface area (Å²) in [5.74, 6) is 0.745. The van der Waals surface area contributed by atoms with Crippen molar-refractivity contribution in [3.8, 4) is 5.75 Å². The summed E-state index contributed by atoms with van der Waals surface area (Å²) in [5.41, 5.74) is 0.811. The first-order valence-corrected chi connectivity index (χ1v) is 9.48. The predicted molar refractivity (Wildman–Crippen MR) is 96.2 cm³/mol. The van der Waals surface area contributed by atoms with Crippen molar-refractivity contribution in [1.82, 2.24) is 9.80 Å². The molecule has 5 nitrogen and oxygen atoms in total. The Morgan fingerprint density at radius 2 is 1.64 bits per heavy atom. The minimum atomic E-state index is 0.0836. The van der Waals surface area contributed by atoms with Crippen LogP contribution in [0.2, 0.25) is 0 Å². The van der Waals surface area contributed by atoms with Gasteiger partial charge in [0.2, 0.25) is 11.8 Å². The lowest BCUT2D eigenvalue weighted by molar-refractivity contribution is -0.141. The van der Waals surface area contributed by atoms with Crippen molar-refractivity contribution >= 4 is 11.8 Å². The Bertz CT molecular complexity index is 603. The molecular formula is C20H28N2O3. The van der Waals surface area contributed by atoms with Crippen molar-refractivity contribution in [2.24, 2.45) is 5.92 Å². The van der Waals surface area contributed by atoms with Crippen LogP contribution < -0.4 is 0 Å². The van der Waals surface area contributed by atoms with Gasteiger partial charge < -0.3 is 14.9 Å². The Labute approximate surface area is 149 Å². The number of phenols is 1. The molecule has 0 aliphatic carbocycles. The van der Waals surface area contributed by atoms with Crippen LogP contribution in [0, 0.1) is 5.92 Å². The number of amides is 2. The second-order valence-electron chi connectivity index (χ2n) is 7.17. The first-order valence-electron chi connectivity index (χ1n) is 9.48. The number of hydrogen-bond acceptors (Lipinski definition) is 3. The smallest absolute Gasteiger partial charge is 0.225 e. The number of nitrogens with zero attached hydrogens (tertiary/aromatic N) is 2. The summed E-state index contributed by atoms with van der Waals surface area (Å²) in [4.78, 5) is 28.9. The highest BCUT2D eigenvalue weighted by molar-refractivity contribution is 5.80. The van der Waals surface area contributed by atoms with Crippen molar-refractivity contribution in [1.29, 1.82) is 0 Å². The largest absolute Gasteiger partial charge is 0.508 e. The molecule has 0 unspecified atom stereocenters. The Kier molecular flexibility index (Phi) is 5.95. The first-order chi connectivity index (χ1) is 12.1. The summed E-state index contributed by atoms with van der Waals surface area (Å²) in [6.45, 7) is 3.14. The molecule has 0 saturated carbocycles. The maximum absolute atomic E-state index is 12.6. The van der Waals surface area contributed by atoms with Gasteiger partial charge in [-0.15, -0.1) is 0 Å². The number of benzene rings is 1. The average Bonchev–Trinajstić information content (AvgIpc) is 2.67. The Balaban J connectivity index is 1.44. The highest BCUT2D eigenvalue weighted by Crippen LogP contribution is 2.23. The molecule has 0 bridgehead atoms. The van der Waals surface area contributed by atoms with Crippen LogP contribution in [-0.2, 0) is 16.0 Å². The third-order valence-corrected chi connectivity index (χ3v) is 5.46. The molecule has 3 rings (SSSR count). The maximum atomic E-state index is 12.6. The summed E-state index contributed by atoms with van der Waals surface area (Å²) in [6.07, 6.45) is 5.98. The van der Waals surface area contributed by atoms with Gasteiger partial charge in [0.1, 0.15) is 5.75 Å². The zero-order valence-electron chi connectivity index (χ0n) is 14.8. The summed E-state index contributed by atoms with van der Waals surface area (Å²) in [5, 5.41) is 9.79. The van der Waals surface area contributed by atoms with Crippen LogP contribution >= 0.6 is 0 Å². The van der Waals surface area contributed by atoms with Gasteiger partial charge in [0.05, 0.1) is 0 Å². The second kappa shape index (κ2) is 8.37. The summed E-state index contributed by atoms with van der Waals surface area (Å²) >= 11 is 0. The third kappa shape index (κ3) is 4.53. The predicted octanol–water partition coefficient (Wildman–Crippen LogP) is 2.58. The highest BCUT2D eigenvalue weighted by atomic mass is 16.3. The highest BCUT2D eigenvalue weighted by Gasteiger charge is 2.30. The van der Waals surface area contributed by atoms with Gasteiger partial charge in [-0.1, -0.05) is 18.2 Å².